The fourth-order valence-electron chi connectivity index (χ4n) is 2.44. The summed E-state index contributed by atoms with van der Waals surface area (Å²) in [5.41, 5.74) is 2.29. The van der Waals surface area contributed by atoms with Gasteiger partial charge in [0.25, 0.3) is 0 Å². The summed E-state index contributed by atoms with van der Waals surface area (Å²) in [7, 11) is -1.09. The molecule has 2 amide bonds. The Bertz CT molecular complexity index is 708. The van der Waals surface area contributed by atoms with Crippen molar-refractivity contribution in [1.29, 1.82) is 0 Å². The van der Waals surface area contributed by atoms with E-state index in [-0.39, 0.29) is 12.1 Å². The summed E-state index contributed by atoms with van der Waals surface area (Å²) in [4.78, 5) is 12.9. The average Bonchev–Trinajstić information content (AvgIpc) is 2.84. The van der Waals surface area contributed by atoms with Gasteiger partial charge in [-0.3, -0.25) is 4.21 Å². The van der Waals surface area contributed by atoms with Gasteiger partial charge in [-0.05, 0) is 38.5 Å². The Hall–Kier alpha value is -2.15. The quantitative estimate of drug-likeness (QED) is 0.878. The predicted octanol–water partition coefficient (Wildman–Crippen LogP) is 3.30. The normalized spacial score (nSPS) is 13.4. The Morgan fingerprint density at radius 3 is 2.70 bits per heavy atom. The van der Waals surface area contributed by atoms with Crippen LogP contribution in [0.2, 0.25) is 0 Å². The minimum atomic E-state index is -1.09. The highest BCUT2D eigenvalue weighted by atomic mass is 32.2. The summed E-state index contributed by atoms with van der Waals surface area (Å²) in [6.07, 6.45) is 2.32. The molecule has 0 radical (unpaired) electrons. The SMILES string of the molecule is CC[C@H](NC(=O)Nc1cccc([S@@](C)=O)c1)c1c(C)noc1C. The molecule has 2 atom stereocenters. The second kappa shape index (κ2) is 7.41. The van der Waals surface area contributed by atoms with E-state index in [1.807, 2.05) is 20.8 Å². The van der Waals surface area contributed by atoms with E-state index < -0.39 is 10.8 Å². The second-order valence-electron chi connectivity index (χ2n) is 5.28. The summed E-state index contributed by atoms with van der Waals surface area (Å²) >= 11 is 0. The first-order valence-corrected chi connectivity index (χ1v) is 8.92. The van der Waals surface area contributed by atoms with Gasteiger partial charge in [-0.1, -0.05) is 18.1 Å². The van der Waals surface area contributed by atoms with Gasteiger partial charge in [-0.2, -0.15) is 0 Å². The molecule has 7 heteroatoms. The van der Waals surface area contributed by atoms with Gasteiger partial charge in [0, 0.05) is 33.2 Å². The second-order valence-corrected chi connectivity index (χ2v) is 6.66. The van der Waals surface area contributed by atoms with Crippen molar-refractivity contribution in [2.24, 2.45) is 0 Å². The predicted molar refractivity (Wildman–Crippen MR) is 89.9 cm³/mol. The van der Waals surface area contributed by atoms with Crippen LogP contribution in [0, 0.1) is 13.8 Å². The zero-order valence-corrected chi connectivity index (χ0v) is 14.5. The lowest BCUT2D eigenvalue weighted by molar-refractivity contribution is 0.248. The number of urea groups is 1. The summed E-state index contributed by atoms with van der Waals surface area (Å²) in [5.74, 6) is 0.707. The van der Waals surface area contributed by atoms with E-state index in [1.54, 1.807) is 30.5 Å². The van der Waals surface area contributed by atoms with Gasteiger partial charge in [-0.25, -0.2) is 4.79 Å². The highest BCUT2D eigenvalue weighted by Crippen LogP contribution is 2.24. The topological polar surface area (TPSA) is 84.2 Å². The largest absolute Gasteiger partial charge is 0.361 e. The Labute approximate surface area is 138 Å². The molecule has 0 spiro atoms. The zero-order valence-electron chi connectivity index (χ0n) is 13.7. The molecular weight excluding hydrogens is 314 g/mol. The summed E-state index contributed by atoms with van der Waals surface area (Å²) in [6, 6.07) is 6.48. The Morgan fingerprint density at radius 1 is 1.39 bits per heavy atom. The van der Waals surface area contributed by atoms with Crippen molar-refractivity contribution in [3.8, 4) is 0 Å². The first kappa shape index (κ1) is 17.2. The molecule has 6 nitrogen and oxygen atoms in total. The van der Waals surface area contributed by atoms with Crippen LogP contribution >= 0.6 is 0 Å². The van der Waals surface area contributed by atoms with Crippen LogP contribution in [0.4, 0.5) is 10.5 Å². The maximum atomic E-state index is 12.2. The standard InChI is InChI=1S/C16H21N3O3S/c1-5-14(15-10(2)19-22-11(15)3)18-16(20)17-12-7-6-8-13(9-12)23(4)21/h6-9,14H,5H2,1-4H3,(H2,17,18,20)/t14-,23+/m0/s1. The lowest BCUT2D eigenvalue weighted by Gasteiger charge is -2.17. The number of nitrogens with zero attached hydrogens (tertiary/aromatic N) is 1. The number of aromatic nitrogens is 1. The molecular formula is C16H21N3O3S. The molecule has 0 unspecified atom stereocenters. The first-order chi connectivity index (χ1) is 10.9. The molecule has 23 heavy (non-hydrogen) atoms. The van der Waals surface area contributed by atoms with Crippen molar-refractivity contribution in [3.63, 3.8) is 0 Å². The first-order valence-electron chi connectivity index (χ1n) is 7.36. The molecule has 0 bridgehead atoms. The maximum absolute atomic E-state index is 12.2. The third-order valence-corrected chi connectivity index (χ3v) is 4.49. The highest BCUT2D eigenvalue weighted by Gasteiger charge is 2.20. The zero-order chi connectivity index (χ0) is 17.0. The van der Waals surface area contributed by atoms with Crippen LogP contribution in [0.1, 0.15) is 36.4 Å². The highest BCUT2D eigenvalue weighted by molar-refractivity contribution is 7.84. The molecule has 0 aliphatic rings. The summed E-state index contributed by atoms with van der Waals surface area (Å²) in [5, 5.41) is 9.62. The lowest BCUT2D eigenvalue weighted by atomic mass is 10.0. The maximum Gasteiger partial charge on any atom is 0.319 e. The fourth-order valence-corrected chi connectivity index (χ4v) is 3.01. The van der Waals surface area contributed by atoms with E-state index in [9.17, 15) is 9.00 Å². The third-order valence-electron chi connectivity index (χ3n) is 3.57. The van der Waals surface area contributed by atoms with Crippen LogP contribution in [-0.2, 0) is 10.8 Å². The fraction of sp³-hybridized carbons (Fsp3) is 0.375. The number of anilines is 1. The molecule has 1 aromatic carbocycles. The van der Waals surface area contributed by atoms with Crippen molar-refractivity contribution in [1.82, 2.24) is 10.5 Å². The van der Waals surface area contributed by atoms with Gasteiger partial charge in [-0.15, -0.1) is 0 Å². The van der Waals surface area contributed by atoms with Crippen LogP contribution in [0.25, 0.3) is 0 Å². The molecule has 124 valence electrons. The molecule has 2 rings (SSSR count). The van der Waals surface area contributed by atoms with E-state index in [2.05, 4.69) is 15.8 Å². The number of benzene rings is 1. The molecule has 1 heterocycles. The monoisotopic (exact) mass is 335 g/mol. The number of carbonyl (C=O) groups is 1. The van der Waals surface area contributed by atoms with Crippen molar-refractivity contribution in [2.75, 3.05) is 11.6 Å². The van der Waals surface area contributed by atoms with Crippen molar-refractivity contribution in [2.45, 2.75) is 38.1 Å². The summed E-state index contributed by atoms with van der Waals surface area (Å²) < 4.78 is 16.7. The number of nitrogens with one attached hydrogen (secondary N) is 2. The molecule has 0 saturated heterocycles. The van der Waals surface area contributed by atoms with E-state index in [1.165, 1.54) is 0 Å². The molecule has 1 aromatic heterocycles. The smallest absolute Gasteiger partial charge is 0.319 e. The number of amides is 2. The van der Waals surface area contributed by atoms with Crippen LogP contribution in [0.5, 0.6) is 0 Å². The van der Waals surface area contributed by atoms with E-state index in [0.717, 1.165) is 17.7 Å². The van der Waals surface area contributed by atoms with Crippen LogP contribution in [0.15, 0.2) is 33.7 Å². The summed E-state index contributed by atoms with van der Waals surface area (Å²) in [6.45, 7) is 5.67. The minimum Gasteiger partial charge on any atom is -0.361 e. The van der Waals surface area contributed by atoms with Crippen molar-refractivity contribution >= 4 is 22.5 Å². The Morgan fingerprint density at radius 2 is 2.13 bits per heavy atom. The number of hydrogen-bond donors (Lipinski definition) is 2. The van der Waals surface area contributed by atoms with E-state index >= 15 is 0 Å². The van der Waals surface area contributed by atoms with Crippen LogP contribution < -0.4 is 10.6 Å². The molecule has 2 N–H and O–H groups in total. The van der Waals surface area contributed by atoms with Gasteiger partial charge in [0.05, 0.1) is 11.7 Å². The van der Waals surface area contributed by atoms with Gasteiger partial charge >= 0.3 is 6.03 Å². The third kappa shape index (κ3) is 4.19. The van der Waals surface area contributed by atoms with E-state index in [0.29, 0.717) is 16.3 Å². The lowest BCUT2D eigenvalue weighted by Crippen LogP contribution is -2.32. The van der Waals surface area contributed by atoms with Crippen molar-refractivity contribution < 1.29 is 13.5 Å². The Balaban J connectivity index is 2.09. The average molecular weight is 335 g/mol. The van der Waals surface area contributed by atoms with Gasteiger partial charge < -0.3 is 15.2 Å². The van der Waals surface area contributed by atoms with E-state index in [4.69, 9.17) is 4.52 Å². The molecule has 0 saturated carbocycles. The number of hydrogen-bond acceptors (Lipinski definition) is 4. The minimum absolute atomic E-state index is 0.176. The molecule has 0 aliphatic carbocycles. The number of rotatable bonds is 5. The molecule has 0 aliphatic heterocycles. The van der Waals surface area contributed by atoms with Gasteiger partial charge in [0.1, 0.15) is 5.76 Å². The van der Waals surface area contributed by atoms with Gasteiger partial charge in [0.15, 0.2) is 0 Å². The van der Waals surface area contributed by atoms with Crippen LogP contribution in [-0.4, -0.2) is 21.7 Å². The Kier molecular flexibility index (Phi) is 5.54. The van der Waals surface area contributed by atoms with Crippen molar-refractivity contribution in [3.05, 3.63) is 41.3 Å². The molecule has 2 aromatic rings. The van der Waals surface area contributed by atoms with Gasteiger partial charge in [0.2, 0.25) is 0 Å². The molecule has 0 fully saturated rings. The number of aryl methyl sites for hydroxylation is 2. The van der Waals surface area contributed by atoms with Crippen LogP contribution in [0.3, 0.4) is 0 Å². The number of carbonyl (C=O) groups excluding carboxylic acids is 1.